The van der Waals surface area contributed by atoms with E-state index >= 15 is 0 Å². The van der Waals surface area contributed by atoms with Gasteiger partial charge in [0.25, 0.3) is 10.0 Å². The van der Waals surface area contributed by atoms with E-state index in [4.69, 9.17) is 0 Å². The number of carboxylic acid groups (broad SMARTS) is 1. The lowest BCUT2D eigenvalue weighted by Gasteiger charge is -2.09. The van der Waals surface area contributed by atoms with Crippen molar-refractivity contribution >= 4 is 39.1 Å². The van der Waals surface area contributed by atoms with Gasteiger partial charge in [0.15, 0.2) is 0 Å². The van der Waals surface area contributed by atoms with Crippen molar-refractivity contribution in [1.29, 1.82) is 0 Å². The summed E-state index contributed by atoms with van der Waals surface area (Å²) in [6, 6.07) is 12.8. The third-order valence-electron chi connectivity index (χ3n) is 4.46. The highest BCUT2D eigenvalue weighted by Crippen LogP contribution is 2.30. The largest absolute Gasteiger partial charge is 0.507 e. The predicted molar refractivity (Wildman–Crippen MR) is 123 cm³/mol. The molecule has 11 nitrogen and oxygen atoms in total. The molecule has 12 heteroatoms. The number of hydrogen-bond donors (Lipinski definition) is 4. The minimum Gasteiger partial charge on any atom is -0.507 e. The number of nitrogens with zero attached hydrogens (tertiary/aromatic N) is 3. The lowest BCUT2D eigenvalue weighted by Crippen LogP contribution is -2.24. The number of amides is 1. The number of carbonyl (C=O) groups excluding carboxylic acids is 1. The van der Waals surface area contributed by atoms with Crippen molar-refractivity contribution in [3.63, 3.8) is 0 Å². The van der Waals surface area contributed by atoms with E-state index in [0.29, 0.717) is 12.2 Å². The van der Waals surface area contributed by atoms with Crippen LogP contribution in [0.25, 0.3) is 0 Å². The van der Waals surface area contributed by atoms with Gasteiger partial charge in [0.2, 0.25) is 5.91 Å². The van der Waals surface area contributed by atoms with Crippen LogP contribution in [0.2, 0.25) is 0 Å². The smallest absolute Gasteiger partial charge is 0.339 e. The Bertz CT molecular complexity index is 1330. The third kappa shape index (κ3) is 6.13. The molecule has 3 rings (SSSR count). The monoisotopic (exact) mass is 483 g/mol. The number of pyridine rings is 1. The highest BCUT2D eigenvalue weighted by atomic mass is 32.2. The Hall–Kier alpha value is -4.32. The number of rotatable bonds is 9. The Balaban J connectivity index is 1.82. The number of anilines is 1. The number of aromatic carboxylic acids is 1. The summed E-state index contributed by atoms with van der Waals surface area (Å²) in [5.74, 6) is -2.12. The zero-order valence-corrected chi connectivity index (χ0v) is 18.8. The Labute approximate surface area is 195 Å². The van der Waals surface area contributed by atoms with Crippen LogP contribution in [0.5, 0.6) is 5.75 Å². The van der Waals surface area contributed by atoms with Crippen LogP contribution < -0.4 is 10.0 Å². The molecule has 1 amide bonds. The van der Waals surface area contributed by atoms with Gasteiger partial charge in [0.1, 0.15) is 17.1 Å². The van der Waals surface area contributed by atoms with Crippen LogP contribution in [-0.4, -0.2) is 42.0 Å². The second kappa shape index (κ2) is 10.5. The normalized spacial score (nSPS) is 11.3. The van der Waals surface area contributed by atoms with Gasteiger partial charge in [0.05, 0.1) is 22.7 Å². The highest BCUT2D eigenvalue weighted by Gasteiger charge is 2.18. The summed E-state index contributed by atoms with van der Waals surface area (Å²) in [5.41, 5.74) is 0.0645. The number of azo groups is 1. The molecule has 0 saturated carbocycles. The van der Waals surface area contributed by atoms with Gasteiger partial charge in [-0.2, -0.15) is 10.2 Å². The average Bonchev–Trinajstić information content (AvgIpc) is 2.80. The molecule has 34 heavy (non-hydrogen) atoms. The zero-order chi connectivity index (χ0) is 24.7. The van der Waals surface area contributed by atoms with Gasteiger partial charge in [-0.15, -0.1) is 0 Å². The van der Waals surface area contributed by atoms with Crippen molar-refractivity contribution in [3.05, 3.63) is 71.9 Å². The molecular weight excluding hydrogens is 462 g/mol. The number of phenols is 1. The Morgan fingerprint density at radius 3 is 2.35 bits per heavy atom. The maximum absolute atomic E-state index is 12.5. The number of sulfonamides is 1. The van der Waals surface area contributed by atoms with E-state index in [1.807, 2.05) is 0 Å². The molecule has 0 unspecified atom stereocenters. The van der Waals surface area contributed by atoms with Gasteiger partial charge in [-0.3, -0.25) is 9.52 Å². The second-order valence-electron chi connectivity index (χ2n) is 6.95. The van der Waals surface area contributed by atoms with Gasteiger partial charge in [-0.1, -0.05) is 6.07 Å². The molecule has 0 radical (unpaired) electrons. The van der Waals surface area contributed by atoms with Crippen molar-refractivity contribution in [1.82, 2.24) is 10.3 Å². The predicted octanol–water partition coefficient (Wildman–Crippen LogP) is 3.38. The van der Waals surface area contributed by atoms with Crippen LogP contribution in [0.3, 0.4) is 0 Å². The number of hydrogen-bond acceptors (Lipinski definition) is 8. The number of carbonyl (C=O) groups is 2. The molecule has 0 atom stereocenters. The molecule has 2 aromatic carbocycles. The average molecular weight is 484 g/mol. The van der Waals surface area contributed by atoms with Crippen molar-refractivity contribution in [2.45, 2.75) is 18.2 Å². The second-order valence-corrected chi connectivity index (χ2v) is 8.63. The fraction of sp³-hybridized carbons (Fsp3) is 0.136. The Morgan fingerprint density at radius 2 is 1.74 bits per heavy atom. The SMILES string of the molecule is CCNC(=O)Cc1cc(N=Nc2ccc(S(=O)(=O)Nc3ccccn3)cc2)cc(C(=O)O)c1O. The molecule has 0 bridgehead atoms. The van der Waals surface area contributed by atoms with Crippen molar-refractivity contribution in [3.8, 4) is 5.75 Å². The number of carboxylic acids is 1. The highest BCUT2D eigenvalue weighted by molar-refractivity contribution is 7.92. The number of aromatic hydroxyl groups is 1. The standard InChI is InChI=1S/C22H21N5O6S/c1-2-23-20(28)12-14-11-16(13-18(21(14)29)22(30)31)26-25-15-6-8-17(9-7-15)34(32,33)27-19-5-3-4-10-24-19/h3-11,13,29H,2,12H2,1H3,(H,23,28)(H,24,27)(H,30,31). The summed E-state index contributed by atoms with van der Waals surface area (Å²) < 4.78 is 27.3. The Kier molecular flexibility index (Phi) is 7.53. The summed E-state index contributed by atoms with van der Waals surface area (Å²) in [7, 11) is -3.85. The number of likely N-dealkylation sites (N-methyl/N-ethyl adjacent to an activating group) is 1. The van der Waals surface area contributed by atoms with Crippen LogP contribution in [0.1, 0.15) is 22.8 Å². The molecule has 1 aromatic heterocycles. The quantitative estimate of drug-likeness (QED) is 0.338. The van der Waals surface area contributed by atoms with E-state index in [-0.39, 0.29) is 34.3 Å². The summed E-state index contributed by atoms with van der Waals surface area (Å²) in [6.07, 6.45) is 1.22. The number of aromatic nitrogens is 1. The van der Waals surface area contributed by atoms with Crippen molar-refractivity contribution in [2.75, 3.05) is 11.3 Å². The zero-order valence-electron chi connectivity index (χ0n) is 18.0. The van der Waals surface area contributed by atoms with E-state index in [2.05, 4.69) is 25.3 Å². The first-order valence-corrected chi connectivity index (χ1v) is 11.5. The maximum atomic E-state index is 12.5. The van der Waals surface area contributed by atoms with Gasteiger partial charge in [-0.05, 0) is 55.5 Å². The van der Waals surface area contributed by atoms with Gasteiger partial charge >= 0.3 is 5.97 Å². The topological polar surface area (TPSA) is 170 Å². The van der Waals surface area contributed by atoms with Crippen LogP contribution in [-0.2, 0) is 21.2 Å². The molecule has 0 aliphatic carbocycles. The van der Waals surface area contributed by atoms with E-state index in [1.165, 1.54) is 42.6 Å². The molecule has 176 valence electrons. The fourth-order valence-corrected chi connectivity index (χ4v) is 3.90. The molecule has 0 aliphatic heterocycles. The van der Waals surface area contributed by atoms with Crippen LogP contribution in [0, 0.1) is 0 Å². The summed E-state index contributed by atoms with van der Waals surface area (Å²) >= 11 is 0. The first-order valence-electron chi connectivity index (χ1n) is 10.0. The number of nitrogens with one attached hydrogen (secondary N) is 2. The van der Waals surface area contributed by atoms with Gasteiger partial charge in [-0.25, -0.2) is 18.2 Å². The lowest BCUT2D eigenvalue weighted by molar-refractivity contribution is -0.120. The molecule has 0 aliphatic rings. The first kappa shape index (κ1) is 24.3. The van der Waals surface area contributed by atoms with E-state index in [9.17, 15) is 28.2 Å². The van der Waals surface area contributed by atoms with Crippen LogP contribution in [0.15, 0.2) is 75.9 Å². The van der Waals surface area contributed by atoms with E-state index < -0.39 is 27.3 Å². The van der Waals surface area contributed by atoms with Gasteiger partial charge in [0, 0.05) is 18.3 Å². The fourth-order valence-electron chi connectivity index (χ4n) is 2.89. The van der Waals surface area contributed by atoms with Crippen LogP contribution >= 0.6 is 0 Å². The Morgan fingerprint density at radius 1 is 1.03 bits per heavy atom. The molecule has 3 aromatic rings. The minimum absolute atomic E-state index is 0.0147. The van der Waals surface area contributed by atoms with Gasteiger partial charge < -0.3 is 15.5 Å². The maximum Gasteiger partial charge on any atom is 0.339 e. The first-order chi connectivity index (χ1) is 16.2. The summed E-state index contributed by atoms with van der Waals surface area (Å²) in [4.78, 5) is 27.3. The van der Waals surface area contributed by atoms with E-state index in [0.717, 1.165) is 6.07 Å². The summed E-state index contributed by atoms with van der Waals surface area (Å²) in [5, 5.41) is 30.1. The van der Waals surface area contributed by atoms with Crippen LogP contribution in [0.4, 0.5) is 17.2 Å². The lowest BCUT2D eigenvalue weighted by atomic mass is 10.0. The molecule has 0 spiro atoms. The third-order valence-corrected chi connectivity index (χ3v) is 5.83. The van der Waals surface area contributed by atoms with Crippen molar-refractivity contribution in [2.24, 2.45) is 10.2 Å². The molecule has 0 fully saturated rings. The van der Waals surface area contributed by atoms with E-state index in [1.54, 1.807) is 19.1 Å². The van der Waals surface area contributed by atoms with Crippen molar-refractivity contribution < 1.29 is 28.2 Å². The number of benzene rings is 2. The minimum atomic E-state index is -3.85. The molecule has 0 saturated heterocycles. The summed E-state index contributed by atoms with van der Waals surface area (Å²) in [6.45, 7) is 2.12. The molecular formula is C22H21N5O6S. The molecule has 4 N–H and O–H groups in total. The molecule has 1 heterocycles.